The van der Waals surface area contributed by atoms with Crippen LogP contribution in [-0.4, -0.2) is 37.7 Å². The molecule has 0 N–H and O–H groups in total. The van der Waals surface area contributed by atoms with Crippen LogP contribution in [0.5, 0.6) is 0 Å². The maximum Gasteiger partial charge on any atom is 0.339 e. The zero-order chi connectivity index (χ0) is 17.5. The normalized spacial score (nSPS) is 12.2. The number of nitrogens with zero attached hydrogens (tertiary/aromatic N) is 2. The Labute approximate surface area is 151 Å². The van der Waals surface area contributed by atoms with Crippen molar-refractivity contribution in [3.63, 3.8) is 0 Å². The minimum absolute atomic E-state index is 0.144. The van der Waals surface area contributed by atoms with E-state index in [1.165, 1.54) is 17.6 Å². The molecular formula is C16H16BrN2O4S-. The van der Waals surface area contributed by atoms with Crippen LogP contribution in [0, 0.1) is 0 Å². The molecule has 1 unspecified atom stereocenters. The Bertz CT molecular complexity index is 724. The Kier molecular flexibility index (Phi) is 7.04. The van der Waals surface area contributed by atoms with Gasteiger partial charge in [-0.2, -0.15) is 0 Å². The zero-order valence-electron chi connectivity index (χ0n) is 13.0. The van der Waals surface area contributed by atoms with Gasteiger partial charge in [-0.1, -0.05) is 28.1 Å². The molecule has 6 nitrogen and oxygen atoms in total. The highest BCUT2D eigenvalue weighted by molar-refractivity contribution is 9.10. The highest BCUT2D eigenvalue weighted by Gasteiger charge is 2.10. The van der Waals surface area contributed by atoms with Crippen molar-refractivity contribution in [1.82, 2.24) is 9.29 Å². The van der Waals surface area contributed by atoms with Crippen LogP contribution in [0.1, 0.15) is 21.6 Å². The minimum Gasteiger partial charge on any atom is -0.760 e. The molecule has 1 atom stereocenters. The molecule has 1 aromatic carbocycles. The van der Waals surface area contributed by atoms with Gasteiger partial charge in [0.2, 0.25) is 0 Å². The molecule has 1 aromatic heterocycles. The van der Waals surface area contributed by atoms with Gasteiger partial charge in [0.05, 0.1) is 24.9 Å². The lowest BCUT2D eigenvalue weighted by Gasteiger charge is -2.23. The van der Waals surface area contributed by atoms with Crippen molar-refractivity contribution in [1.29, 1.82) is 0 Å². The number of pyridine rings is 1. The number of benzene rings is 1. The Morgan fingerprint density at radius 1 is 1.38 bits per heavy atom. The molecule has 0 fully saturated rings. The molecule has 0 saturated carbocycles. The summed E-state index contributed by atoms with van der Waals surface area (Å²) in [7, 11) is 1.29. The van der Waals surface area contributed by atoms with Crippen molar-refractivity contribution in [2.75, 3.05) is 13.7 Å². The molecule has 128 valence electrons. The molecule has 2 rings (SSSR count). The molecule has 8 heteroatoms. The highest BCUT2D eigenvalue weighted by Crippen LogP contribution is 2.13. The summed E-state index contributed by atoms with van der Waals surface area (Å²) in [5, 5.41) is 0. The van der Waals surface area contributed by atoms with Gasteiger partial charge in [-0.15, -0.1) is 0 Å². The van der Waals surface area contributed by atoms with Gasteiger partial charge in [0.1, 0.15) is 0 Å². The monoisotopic (exact) mass is 411 g/mol. The summed E-state index contributed by atoms with van der Waals surface area (Å²) in [6, 6.07) is 10.9. The Hall–Kier alpha value is -1.61. The smallest absolute Gasteiger partial charge is 0.339 e. The van der Waals surface area contributed by atoms with Crippen LogP contribution >= 0.6 is 15.9 Å². The van der Waals surface area contributed by atoms with E-state index in [9.17, 15) is 13.6 Å². The Morgan fingerprint density at radius 3 is 2.75 bits per heavy atom. The van der Waals surface area contributed by atoms with E-state index in [2.05, 4.69) is 25.7 Å². The van der Waals surface area contributed by atoms with E-state index in [4.69, 9.17) is 0 Å². The van der Waals surface area contributed by atoms with Crippen LogP contribution in [0.15, 0.2) is 47.1 Å². The second kappa shape index (κ2) is 9.03. The Balaban J connectivity index is 2.00. The van der Waals surface area contributed by atoms with Gasteiger partial charge in [0.15, 0.2) is 0 Å². The first-order valence-corrected chi connectivity index (χ1v) is 8.94. The number of esters is 1. The van der Waals surface area contributed by atoms with Gasteiger partial charge in [0, 0.05) is 28.5 Å². The summed E-state index contributed by atoms with van der Waals surface area (Å²) in [5.74, 6) is -0.479. The summed E-state index contributed by atoms with van der Waals surface area (Å²) in [6.07, 6.45) is 1.97. The topological polar surface area (TPSA) is 82.6 Å². The molecule has 0 aliphatic carbocycles. The molecule has 24 heavy (non-hydrogen) atoms. The van der Waals surface area contributed by atoms with E-state index in [-0.39, 0.29) is 6.54 Å². The van der Waals surface area contributed by atoms with Crippen molar-refractivity contribution < 1.29 is 18.3 Å². The number of methoxy groups -OCH3 is 1. The second-order valence-electron chi connectivity index (χ2n) is 4.99. The lowest BCUT2D eigenvalue weighted by atomic mass is 10.1. The van der Waals surface area contributed by atoms with Gasteiger partial charge in [0.25, 0.3) is 0 Å². The average Bonchev–Trinajstić information content (AvgIpc) is 2.58. The van der Waals surface area contributed by atoms with Crippen molar-refractivity contribution in [2.24, 2.45) is 0 Å². The van der Waals surface area contributed by atoms with Gasteiger partial charge in [-0.05, 0) is 36.2 Å². The number of hydrogen-bond acceptors (Lipinski definition) is 5. The minimum atomic E-state index is -2.36. The third-order valence-electron chi connectivity index (χ3n) is 3.33. The molecule has 0 aliphatic rings. The standard InChI is InChI=1S/C16H17BrN2O4S/c1-23-16(20)13-5-6-15(18-10-13)11-19(24(21)22)8-7-12-3-2-4-14(17)9-12/h2-6,9-10H,7-8,11H2,1H3,(H,21,22)/p-1. The second-order valence-corrected chi connectivity index (χ2v) is 6.86. The number of carbonyl (C=O) groups excluding carboxylic acids is 1. The van der Waals surface area contributed by atoms with E-state index in [1.54, 1.807) is 12.1 Å². The summed E-state index contributed by atoms with van der Waals surface area (Å²) in [4.78, 5) is 15.5. The molecule has 0 aliphatic heterocycles. The van der Waals surface area contributed by atoms with Crippen molar-refractivity contribution in [2.45, 2.75) is 13.0 Å². The van der Waals surface area contributed by atoms with E-state index in [0.717, 1.165) is 10.0 Å². The van der Waals surface area contributed by atoms with Gasteiger partial charge < -0.3 is 9.29 Å². The van der Waals surface area contributed by atoms with Crippen LogP contribution in [0.4, 0.5) is 0 Å². The first-order chi connectivity index (χ1) is 11.5. The molecule has 1 heterocycles. The molecular weight excluding hydrogens is 396 g/mol. The van der Waals surface area contributed by atoms with Crippen LogP contribution in [0.25, 0.3) is 0 Å². The lowest BCUT2D eigenvalue weighted by Crippen LogP contribution is -2.28. The van der Waals surface area contributed by atoms with Gasteiger partial charge in [-0.25, -0.2) is 9.10 Å². The number of rotatable bonds is 7. The summed E-state index contributed by atoms with van der Waals surface area (Å²) in [5.41, 5.74) is 1.92. The first-order valence-electron chi connectivity index (χ1n) is 7.11. The van der Waals surface area contributed by atoms with Crippen molar-refractivity contribution in [3.05, 3.63) is 63.9 Å². The number of halogens is 1. The maximum atomic E-state index is 11.4. The van der Waals surface area contributed by atoms with Crippen LogP contribution in [0.3, 0.4) is 0 Å². The summed E-state index contributed by atoms with van der Waals surface area (Å²) >= 11 is 1.03. The number of hydrogen-bond donors (Lipinski definition) is 0. The molecule has 0 saturated heterocycles. The SMILES string of the molecule is COC(=O)c1ccc(CN(CCc2cccc(Br)c2)S(=O)[O-])nc1. The number of aromatic nitrogens is 1. The maximum absolute atomic E-state index is 11.4. The van der Waals surface area contributed by atoms with E-state index in [1.807, 2.05) is 24.3 Å². The fraction of sp³-hybridized carbons (Fsp3) is 0.250. The molecule has 2 aromatic rings. The quantitative estimate of drug-likeness (QED) is 0.516. The lowest BCUT2D eigenvalue weighted by molar-refractivity contribution is 0.0600. The van der Waals surface area contributed by atoms with Gasteiger partial charge in [-0.3, -0.25) is 9.19 Å². The molecule has 0 radical (unpaired) electrons. The fourth-order valence-corrected chi connectivity index (χ4v) is 3.01. The van der Waals surface area contributed by atoms with Gasteiger partial charge >= 0.3 is 5.97 Å². The third kappa shape index (κ3) is 5.48. The molecule has 0 spiro atoms. The predicted octanol–water partition coefficient (Wildman–Crippen LogP) is 2.47. The average molecular weight is 412 g/mol. The summed E-state index contributed by atoms with van der Waals surface area (Å²) in [6.45, 7) is 0.485. The van der Waals surface area contributed by atoms with E-state index in [0.29, 0.717) is 24.2 Å². The van der Waals surface area contributed by atoms with Crippen LogP contribution < -0.4 is 0 Å². The summed E-state index contributed by atoms with van der Waals surface area (Å²) < 4.78 is 29.7. The van der Waals surface area contributed by atoms with Crippen LogP contribution in [-0.2, 0) is 29.0 Å². The fourth-order valence-electron chi connectivity index (χ4n) is 2.09. The van der Waals surface area contributed by atoms with Crippen molar-refractivity contribution in [3.8, 4) is 0 Å². The van der Waals surface area contributed by atoms with Crippen LogP contribution in [0.2, 0.25) is 0 Å². The predicted molar refractivity (Wildman–Crippen MR) is 92.8 cm³/mol. The molecule has 0 bridgehead atoms. The molecule has 0 amide bonds. The Morgan fingerprint density at radius 2 is 2.17 bits per heavy atom. The van der Waals surface area contributed by atoms with E-state index >= 15 is 0 Å². The van der Waals surface area contributed by atoms with E-state index < -0.39 is 17.2 Å². The zero-order valence-corrected chi connectivity index (χ0v) is 15.4. The number of carbonyl (C=O) groups is 1. The highest BCUT2D eigenvalue weighted by atomic mass is 79.9. The first kappa shape index (κ1) is 18.7. The van der Waals surface area contributed by atoms with Crippen molar-refractivity contribution >= 4 is 33.2 Å². The third-order valence-corrected chi connectivity index (χ3v) is 4.56. The number of ether oxygens (including phenoxy) is 1. The largest absolute Gasteiger partial charge is 0.760 e.